The molecular weight excluding hydrogens is 440 g/mol. The Labute approximate surface area is 187 Å². The predicted octanol–water partition coefficient (Wildman–Crippen LogP) is 4.50. The van der Waals surface area contributed by atoms with Crippen molar-refractivity contribution in [1.29, 1.82) is 0 Å². The molecule has 0 unspecified atom stereocenters. The van der Waals surface area contributed by atoms with Crippen LogP contribution in [0.2, 0.25) is 0 Å². The minimum absolute atomic E-state index is 0.0375. The molecule has 3 aromatic heterocycles. The Bertz CT molecular complexity index is 1100. The van der Waals surface area contributed by atoms with Crippen LogP contribution in [0.4, 0.5) is 29.2 Å². The van der Waals surface area contributed by atoms with Crippen molar-refractivity contribution >= 4 is 23.2 Å². The number of alkyl halides is 4. The van der Waals surface area contributed by atoms with Crippen molar-refractivity contribution in [2.75, 3.05) is 17.2 Å². The Morgan fingerprint density at radius 3 is 2.45 bits per heavy atom. The molecule has 11 heteroatoms. The fourth-order valence-corrected chi connectivity index (χ4v) is 3.94. The molecule has 7 nitrogen and oxygen atoms in total. The Kier molecular flexibility index (Phi) is 6.95. The Morgan fingerprint density at radius 1 is 1.00 bits per heavy atom. The highest BCUT2D eigenvalue weighted by Crippen LogP contribution is 2.25. The van der Waals surface area contributed by atoms with Crippen LogP contribution in [0.15, 0.2) is 42.6 Å². The number of halogens is 4. The maximum atomic E-state index is 13.0. The maximum absolute atomic E-state index is 13.0. The van der Waals surface area contributed by atoms with Crippen LogP contribution in [0.3, 0.4) is 0 Å². The van der Waals surface area contributed by atoms with Crippen LogP contribution in [0.5, 0.6) is 0 Å². The van der Waals surface area contributed by atoms with Gasteiger partial charge in [-0.2, -0.15) is 0 Å². The Morgan fingerprint density at radius 2 is 1.73 bits per heavy atom. The molecule has 1 aliphatic carbocycles. The SMILES string of the molecule is O=C(N[C@H]1CC[C@@H](Nc2cccc3nc(C(F)F)cn23)CC1)c1cccc(NCC(F)F)n1. The third-order valence-corrected chi connectivity index (χ3v) is 5.57. The molecule has 1 saturated carbocycles. The fourth-order valence-electron chi connectivity index (χ4n) is 3.94. The molecule has 0 atom stereocenters. The second-order valence-corrected chi connectivity index (χ2v) is 7.95. The van der Waals surface area contributed by atoms with Gasteiger partial charge in [-0.3, -0.25) is 9.20 Å². The first-order valence-electron chi connectivity index (χ1n) is 10.7. The van der Waals surface area contributed by atoms with Crippen LogP contribution in [-0.4, -0.2) is 45.3 Å². The lowest BCUT2D eigenvalue weighted by Gasteiger charge is -2.30. The monoisotopic (exact) mass is 464 g/mol. The lowest BCUT2D eigenvalue weighted by atomic mass is 9.91. The number of fused-ring (bicyclic) bond motifs is 1. The van der Waals surface area contributed by atoms with Gasteiger partial charge in [0.15, 0.2) is 0 Å². The molecule has 1 fully saturated rings. The molecule has 3 heterocycles. The van der Waals surface area contributed by atoms with Crippen molar-refractivity contribution in [1.82, 2.24) is 19.7 Å². The molecule has 0 bridgehead atoms. The smallest absolute Gasteiger partial charge is 0.281 e. The molecule has 4 rings (SSSR count). The summed E-state index contributed by atoms with van der Waals surface area (Å²) in [5.41, 5.74) is 0.350. The van der Waals surface area contributed by atoms with Gasteiger partial charge in [-0.1, -0.05) is 12.1 Å². The number of imidazole rings is 1. The highest BCUT2D eigenvalue weighted by molar-refractivity contribution is 5.92. The van der Waals surface area contributed by atoms with Crippen molar-refractivity contribution in [3.63, 3.8) is 0 Å². The molecule has 0 radical (unpaired) electrons. The number of aromatic nitrogens is 3. The van der Waals surface area contributed by atoms with Gasteiger partial charge in [0.2, 0.25) is 0 Å². The molecule has 0 aliphatic heterocycles. The van der Waals surface area contributed by atoms with Crippen LogP contribution >= 0.6 is 0 Å². The van der Waals surface area contributed by atoms with Crippen molar-refractivity contribution in [3.8, 4) is 0 Å². The molecular formula is C22H24F4N6O. The van der Waals surface area contributed by atoms with Crippen molar-refractivity contribution in [2.24, 2.45) is 0 Å². The third-order valence-electron chi connectivity index (χ3n) is 5.57. The summed E-state index contributed by atoms with van der Waals surface area (Å²) in [5.74, 6) is 0.561. The summed E-state index contributed by atoms with van der Waals surface area (Å²) in [6.07, 6.45) is -0.787. The lowest BCUT2D eigenvalue weighted by molar-refractivity contribution is 0.0921. The lowest BCUT2D eigenvalue weighted by Crippen LogP contribution is -2.40. The predicted molar refractivity (Wildman–Crippen MR) is 116 cm³/mol. The van der Waals surface area contributed by atoms with E-state index >= 15 is 0 Å². The van der Waals surface area contributed by atoms with Gasteiger partial charge in [-0.05, 0) is 49.9 Å². The summed E-state index contributed by atoms with van der Waals surface area (Å²) in [6.45, 7) is -0.536. The van der Waals surface area contributed by atoms with Gasteiger partial charge in [0.05, 0.1) is 6.54 Å². The molecule has 3 aromatic rings. The van der Waals surface area contributed by atoms with Gasteiger partial charge in [-0.15, -0.1) is 0 Å². The first-order chi connectivity index (χ1) is 15.9. The highest BCUT2D eigenvalue weighted by Gasteiger charge is 2.24. The van der Waals surface area contributed by atoms with Gasteiger partial charge >= 0.3 is 0 Å². The molecule has 0 aromatic carbocycles. The summed E-state index contributed by atoms with van der Waals surface area (Å²) >= 11 is 0. The van der Waals surface area contributed by atoms with E-state index in [1.807, 2.05) is 6.07 Å². The summed E-state index contributed by atoms with van der Waals surface area (Å²) in [6, 6.07) is 10.0. The fraction of sp³-hybridized carbons (Fsp3) is 0.409. The van der Waals surface area contributed by atoms with E-state index in [1.54, 1.807) is 22.6 Å². The number of pyridine rings is 2. The number of carbonyl (C=O) groups is 1. The maximum Gasteiger partial charge on any atom is 0.281 e. The number of nitrogens with one attached hydrogen (secondary N) is 3. The number of nitrogens with zero attached hydrogens (tertiary/aromatic N) is 3. The van der Waals surface area contributed by atoms with Gasteiger partial charge in [0.1, 0.15) is 28.7 Å². The number of carbonyl (C=O) groups excluding carboxylic acids is 1. The standard InChI is InChI=1S/C22H24F4N6O/c23-17(24)11-27-18-4-1-3-15(30-18)22(33)29-14-9-7-13(8-10-14)28-19-5-2-6-20-31-16(21(25)26)12-32(19)20/h1-6,12-14,17,21,28H,7-11H2,(H,27,30)(H,29,33)/t13-,14+. The molecule has 1 aliphatic rings. The van der Waals surface area contributed by atoms with E-state index in [0.29, 0.717) is 11.5 Å². The quantitative estimate of drug-likeness (QED) is 0.428. The minimum atomic E-state index is -2.63. The van der Waals surface area contributed by atoms with Gasteiger partial charge < -0.3 is 16.0 Å². The van der Waals surface area contributed by atoms with Crippen LogP contribution in [0, 0.1) is 0 Å². The summed E-state index contributed by atoms with van der Waals surface area (Å²) < 4.78 is 52.3. The van der Waals surface area contributed by atoms with Crippen molar-refractivity contribution < 1.29 is 22.4 Å². The second kappa shape index (κ2) is 10.1. The molecule has 33 heavy (non-hydrogen) atoms. The number of amides is 1. The molecule has 3 N–H and O–H groups in total. The summed E-state index contributed by atoms with van der Waals surface area (Å²) in [5, 5.41) is 8.84. The topological polar surface area (TPSA) is 83.4 Å². The third kappa shape index (κ3) is 5.71. The van der Waals surface area contributed by atoms with Crippen LogP contribution in [0.25, 0.3) is 5.65 Å². The van der Waals surface area contributed by atoms with E-state index in [9.17, 15) is 22.4 Å². The first-order valence-corrected chi connectivity index (χ1v) is 10.7. The minimum Gasteiger partial charge on any atom is -0.368 e. The van der Waals surface area contributed by atoms with E-state index in [0.717, 1.165) is 25.7 Å². The van der Waals surface area contributed by atoms with Crippen molar-refractivity contribution in [3.05, 3.63) is 54.0 Å². The Balaban J connectivity index is 1.31. The molecule has 176 valence electrons. The average Bonchev–Trinajstić information content (AvgIpc) is 3.25. The zero-order valence-corrected chi connectivity index (χ0v) is 17.6. The van der Waals surface area contributed by atoms with Crippen LogP contribution in [0.1, 0.15) is 48.3 Å². The highest BCUT2D eigenvalue weighted by atomic mass is 19.3. The Hall–Kier alpha value is -3.37. The number of hydrogen-bond donors (Lipinski definition) is 3. The van der Waals surface area contributed by atoms with E-state index in [-0.39, 0.29) is 35.2 Å². The summed E-state index contributed by atoms with van der Waals surface area (Å²) in [7, 11) is 0. The zero-order chi connectivity index (χ0) is 23.4. The molecule has 1 amide bonds. The second-order valence-electron chi connectivity index (χ2n) is 7.95. The van der Waals surface area contributed by atoms with Gasteiger partial charge in [0.25, 0.3) is 18.8 Å². The molecule has 0 saturated heterocycles. The van der Waals surface area contributed by atoms with Crippen LogP contribution < -0.4 is 16.0 Å². The van der Waals surface area contributed by atoms with E-state index in [2.05, 4.69) is 25.9 Å². The van der Waals surface area contributed by atoms with E-state index in [4.69, 9.17) is 0 Å². The largest absolute Gasteiger partial charge is 0.368 e. The molecule has 0 spiro atoms. The van der Waals surface area contributed by atoms with Gasteiger partial charge in [0, 0.05) is 18.3 Å². The van der Waals surface area contributed by atoms with Gasteiger partial charge in [-0.25, -0.2) is 27.5 Å². The number of hydrogen-bond acceptors (Lipinski definition) is 5. The van der Waals surface area contributed by atoms with Crippen molar-refractivity contribution in [2.45, 2.75) is 50.6 Å². The first kappa shape index (κ1) is 22.8. The number of anilines is 2. The van der Waals surface area contributed by atoms with E-state index < -0.39 is 19.4 Å². The van der Waals surface area contributed by atoms with E-state index in [1.165, 1.54) is 18.3 Å². The normalized spacial score (nSPS) is 18.6. The zero-order valence-electron chi connectivity index (χ0n) is 17.6. The summed E-state index contributed by atoms with van der Waals surface area (Å²) in [4.78, 5) is 20.6. The number of rotatable bonds is 8. The van der Waals surface area contributed by atoms with Crippen LogP contribution in [-0.2, 0) is 0 Å². The average molecular weight is 464 g/mol.